The Morgan fingerprint density at radius 1 is 1.23 bits per heavy atom. The van der Waals surface area contributed by atoms with Crippen LogP contribution in [-0.4, -0.2) is 68.1 Å². The molecule has 0 saturated carbocycles. The highest BCUT2D eigenvalue weighted by molar-refractivity contribution is 7.89. The first-order valence-corrected chi connectivity index (χ1v) is 11.5. The molecule has 0 spiro atoms. The van der Waals surface area contributed by atoms with E-state index in [-0.39, 0.29) is 16.5 Å². The molecule has 1 aliphatic rings. The molecule has 0 radical (unpaired) electrons. The Labute approximate surface area is 180 Å². The molecule has 2 N–H and O–H groups in total. The van der Waals surface area contributed by atoms with Gasteiger partial charge in [0.25, 0.3) is 5.91 Å². The monoisotopic (exact) mass is 444 g/mol. The van der Waals surface area contributed by atoms with Gasteiger partial charge in [0.05, 0.1) is 19.8 Å². The van der Waals surface area contributed by atoms with Crippen LogP contribution >= 0.6 is 0 Å². The second-order valence-electron chi connectivity index (χ2n) is 7.05. The van der Waals surface area contributed by atoms with Gasteiger partial charge in [0.2, 0.25) is 10.0 Å². The molecule has 1 aliphatic heterocycles. The maximum atomic E-state index is 12.6. The summed E-state index contributed by atoms with van der Waals surface area (Å²) in [7, 11) is -3.64. The smallest absolute Gasteiger partial charge is 0.267 e. The van der Waals surface area contributed by atoms with E-state index in [4.69, 9.17) is 9.47 Å². The number of fused-ring (bicyclic) bond motifs is 1. The number of hydrogen-bond donors (Lipinski definition) is 2. The van der Waals surface area contributed by atoms with Crippen LogP contribution in [0.25, 0.3) is 10.9 Å². The van der Waals surface area contributed by atoms with Gasteiger partial charge in [-0.2, -0.15) is 4.31 Å². The Bertz CT molecular complexity index is 1150. The summed E-state index contributed by atoms with van der Waals surface area (Å²) in [5.41, 5.74) is 1.00. The van der Waals surface area contributed by atoms with E-state index >= 15 is 0 Å². The van der Waals surface area contributed by atoms with Crippen molar-refractivity contribution in [3.63, 3.8) is 0 Å². The minimum Gasteiger partial charge on any atom is -0.491 e. The zero-order valence-corrected chi connectivity index (χ0v) is 17.7. The maximum absolute atomic E-state index is 12.6. The number of hydrogen-bond acceptors (Lipinski definition) is 6. The van der Waals surface area contributed by atoms with Gasteiger partial charge in [-0.1, -0.05) is 18.2 Å². The van der Waals surface area contributed by atoms with E-state index in [1.807, 2.05) is 30.3 Å². The van der Waals surface area contributed by atoms with Gasteiger partial charge < -0.3 is 19.8 Å². The molecule has 10 heteroatoms. The lowest BCUT2D eigenvalue weighted by atomic mass is 10.2. The molecule has 0 bridgehead atoms. The van der Waals surface area contributed by atoms with Crippen LogP contribution in [0.2, 0.25) is 0 Å². The molecule has 0 aliphatic carbocycles. The lowest BCUT2D eigenvalue weighted by Gasteiger charge is -2.25. The number of ether oxygens (including phenoxy) is 2. The SMILES string of the molecule is O=C(NCCCOc1cccc2cccnc12)c1cc(S(=O)(=O)N2CCOCC2)c[nH]1. The number of rotatable bonds is 8. The number of nitrogens with zero attached hydrogens (tertiary/aromatic N) is 2. The first-order chi connectivity index (χ1) is 15.1. The second kappa shape index (κ2) is 9.46. The van der Waals surface area contributed by atoms with Crippen molar-refractivity contribution < 1.29 is 22.7 Å². The molecule has 3 heterocycles. The number of amides is 1. The van der Waals surface area contributed by atoms with Crippen molar-refractivity contribution in [3.05, 3.63) is 54.5 Å². The highest BCUT2D eigenvalue weighted by Gasteiger charge is 2.27. The summed E-state index contributed by atoms with van der Waals surface area (Å²) in [5.74, 6) is 0.335. The Kier molecular flexibility index (Phi) is 6.50. The van der Waals surface area contributed by atoms with Crippen LogP contribution in [0.1, 0.15) is 16.9 Å². The standard InChI is InChI=1S/C21H24N4O5S/c26-21(18-14-17(15-24-18)31(27,28)25-9-12-29-13-10-25)23-8-3-11-30-19-6-1-4-16-5-2-7-22-20(16)19/h1-2,4-7,14-15,24H,3,8-13H2,(H,23,26). The first kappa shape index (κ1) is 21.3. The number of aromatic amines is 1. The minimum absolute atomic E-state index is 0.0753. The fourth-order valence-corrected chi connectivity index (χ4v) is 4.74. The van der Waals surface area contributed by atoms with E-state index in [0.717, 1.165) is 10.9 Å². The second-order valence-corrected chi connectivity index (χ2v) is 8.99. The summed E-state index contributed by atoms with van der Waals surface area (Å²) in [6, 6.07) is 11.0. The summed E-state index contributed by atoms with van der Waals surface area (Å²) in [6.07, 6.45) is 3.66. The summed E-state index contributed by atoms with van der Waals surface area (Å²) in [4.78, 5) is 19.5. The maximum Gasteiger partial charge on any atom is 0.267 e. The fraction of sp³-hybridized carbons (Fsp3) is 0.333. The number of pyridine rings is 1. The molecular formula is C21H24N4O5S. The molecule has 9 nitrogen and oxygen atoms in total. The summed E-state index contributed by atoms with van der Waals surface area (Å²) in [6.45, 7) is 2.16. The zero-order valence-electron chi connectivity index (χ0n) is 16.9. The number of carbonyl (C=O) groups excluding carboxylic acids is 1. The van der Waals surface area contributed by atoms with Crippen LogP contribution in [0.3, 0.4) is 0 Å². The summed E-state index contributed by atoms with van der Waals surface area (Å²) >= 11 is 0. The van der Waals surface area contributed by atoms with E-state index in [0.29, 0.717) is 51.6 Å². The van der Waals surface area contributed by atoms with Crippen LogP contribution < -0.4 is 10.1 Å². The number of carbonyl (C=O) groups is 1. The molecule has 3 aromatic rings. The van der Waals surface area contributed by atoms with E-state index in [1.165, 1.54) is 16.6 Å². The summed E-state index contributed by atoms with van der Waals surface area (Å²) in [5, 5.41) is 3.78. The third kappa shape index (κ3) is 4.87. The van der Waals surface area contributed by atoms with Crippen LogP contribution in [0.4, 0.5) is 0 Å². The van der Waals surface area contributed by atoms with E-state index in [1.54, 1.807) is 6.20 Å². The molecule has 164 valence electrons. The molecular weight excluding hydrogens is 420 g/mol. The van der Waals surface area contributed by atoms with Crippen molar-refractivity contribution in [2.24, 2.45) is 0 Å². The van der Waals surface area contributed by atoms with E-state index < -0.39 is 10.0 Å². The van der Waals surface area contributed by atoms with E-state index in [9.17, 15) is 13.2 Å². The Hall–Kier alpha value is -2.95. The van der Waals surface area contributed by atoms with Gasteiger partial charge in [-0.15, -0.1) is 0 Å². The largest absolute Gasteiger partial charge is 0.491 e. The molecule has 1 aromatic carbocycles. The minimum atomic E-state index is -3.64. The van der Waals surface area contributed by atoms with Gasteiger partial charge in [0, 0.05) is 37.4 Å². The number of sulfonamides is 1. The molecule has 1 amide bonds. The number of morpholine rings is 1. The molecule has 2 aromatic heterocycles. The topological polar surface area (TPSA) is 114 Å². The van der Waals surface area contributed by atoms with Gasteiger partial charge >= 0.3 is 0 Å². The predicted molar refractivity (Wildman–Crippen MR) is 115 cm³/mol. The predicted octanol–water partition coefficient (Wildman–Crippen LogP) is 1.78. The van der Waals surface area contributed by atoms with Crippen LogP contribution in [0.5, 0.6) is 5.75 Å². The van der Waals surface area contributed by atoms with E-state index in [2.05, 4.69) is 15.3 Å². The van der Waals surface area contributed by atoms with Crippen molar-refractivity contribution in [3.8, 4) is 5.75 Å². The molecule has 1 fully saturated rings. The fourth-order valence-electron chi connectivity index (χ4n) is 3.33. The van der Waals surface area contributed by atoms with Gasteiger partial charge in [0.1, 0.15) is 21.9 Å². The molecule has 0 atom stereocenters. The van der Waals surface area contributed by atoms with Gasteiger partial charge in [0.15, 0.2) is 0 Å². The highest BCUT2D eigenvalue weighted by Crippen LogP contribution is 2.23. The zero-order chi connectivity index (χ0) is 21.7. The average molecular weight is 445 g/mol. The third-order valence-corrected chi connectivity index (χ3v) is 6.85. The number of benzene rings is 1. The quantitative estimate of drug-likeness (QED) is 0.512. The van der Waals surface area contributed by atoms with Crippen molar-refractivity contribution in [2.45, 2.75) is 11.3 Å². The van der Waals surface area contributed by atoms with Crippen molar-refractivity contribution >= 4 is 26.8 Å². The third-order valence-electron chi connectivity index (χ3n) is 4.97. The lowest BCUT2D eigenvalue weighted by molar-refractivity contribution is 0.0730. The number of para-hydroxylation sites is 1. The van der Waals surface area contributed by atoms with Gasteiger partial charge in [-0.05, 0) is 24.6 Å². The Balaban J connectivity index is 1.27. The summed E-state index contributed by atoms with van der Waals surface area (Å²) < 4.78 is 37.7. The van der Waals surface area contributed by atoms with Crippen LogP contribution in [0, 0.1) is 0 Å². The first-order valence-electron chi connectivity index (χ1n) is 10.1. The van der Waals surface area contributed by atoms with Gasteiger partial charge in [-0.3, -0.25) is 9.78 Å². The van der Waals surface area contributed by atoms with Crippen LogP contribution in [0.15, 0.2) is 53.7 Å². The normalized spacial score (nSPS) is 15.1. The highest BCUT2D eigenvalue weighted by atomic mass is 32.2. The van der Waals surface area contributed by atoms with Crippen molar-refractivity contribution in [1.29, 1.82) is 0 Å². The lowest BCUT2D eigenvalue weighted by Crippen LogP contribution is -2.40. The molecule has 0 unspecified atom stereocenters. The number of nitrogens with one attached hydrogen (secondary N) is 2. The molecule has 4 rings (SSSR count). The molecule has 1 saturated heterocycles. The van der Waals surface area contributed by atoms with Crippen LogP contribution in [-0.2, 0) is 14.8 Å². The number of aromatic nitrogens is 2. The van der Waals surface area contributed by atoms with Gasteiger partial charge in [-0.25, -0.2) is 8.42 Å². The average Bonchev–Trinajstić information content (AvgIpc) is 3.31. The number of H-pyrrole nitrogens is 1. The Morgan fingerprint density at radius 3 is 2.87 bits per heavy atom. The molecule has 31 heavy (non-hydrogen) atoms. The van der Waals surface area contributed by atoms with Crippen molar-refractivity contribution in [1.82, 2.24) is 19.6 Å². The Morgan fingerprint density at radius 2 is 2.03 bits per heavy atom. The van der Waals surface area contributed by atoms with Crippen molar-refractivity contribution in [2.75, 3.05) is 39.5 Å².